The summed E-state index contributed by atoms with van der Waals surface area (Å²) >= 11 is 0. The molecule has 1 aromatic heterocycles. The Hall–Kier alpha value is -1.30. The van der Waals surface area contributed by atoms with E-state index in [2.05, 4.69) is 4.98 Å². The summed E-state index contributed by atoms with van der Waals surface area (Å²) in [5.41, 5.74) is 4.23. The van der Waals surface area contributed by atoms with Gasteiger partial charge in [0, 0.05) is 18.9 Å². The first-order valence-electron chi connectivity index (χ1n) is 3.90. The molecule has 0 amide bonds. The van der Waals surface area contributed by atoms with Crippen LogP contribution in [0.3, 0.4) is 0 Å². The summed E-state index contributed by atoms with van der Waals surface area (Å²) in [6.45, 7) is 0.215. The fourth-order valence-corrected chi connectivity index (χ4v) is 0.889. The fourth-order valence-electron chi connectivity index (χ4n) is 0.889. The quantitative estimate of drug-likeness (QED) is 0.813. The molecular weight excluding hydrogens is 197 g/mol. The summed E-state index contributed by atoms with van der Waals surface area (Å²) < 4.78 is 41.8. The Morgan fingerprint density at radius 1 is 1.43 bits per heavy atom. The average Bonchev–Trinajstić information content (AvgIpc) is 2.14. The van der Waals surface area contributed by atoms with Gasteiger partial charge >= 0.3 is 6.18 Å². The van der Waals surface area contributed by atoms with Crippen molar-refractivity contribution in [3.05, 3.63) is 24.0 Å². The zero-order valence-electron chi connectivity index (χ0n) is 7.21. The molecule has 0 bridgehead atoms. The lowest BCUT2D eigenvalue weighted by Crippen LogP contribution is -2.14. The van der Waals surface area contributed by atoms with Crippen LogP contribution in [0.5, 0.6) is 5.75 Å². The maximum atomic E-state index is 12.3. The van der Waals surface area contributed by atoms with Crippen LogP contribution in [0.25, 0.3) is 0 Å². The second kappa shape index (κ2) is 4.28. The van der Waals surface area contributed by atoms with E-state index in [1.165, 1.54) is 12.3 Å². The standard InChI is InChI=1S/C8H9F3N2O/c9-8(10,11)6-5-13-3-1-7(6)14-4-2-12/h1,3,5H,2,4,12H2. The van der Waals surface area contributed by atoms with Gasteiger partial charge in [-0.2, -0.15) is 13.2 Å². The number of pyridine rings is 1. The number of alkyl halides is 3. The molecule has 0 saturated carbocycles. The Morgan fingerprint density at radius 2 is 2.14 bits per heavy atom. The summed E-state index contributed by atoms with van der Waals surface area (Å²) in [4.78, 5) is 3.39. The van der Waals surface area contributed by atoms with Crippen molar-refractivity contribution in [2.24, 2.45) is 5.73 Å². The molecule has 0 aliphatic carbocycles. The molecule has 0 saturated heterocycles. The monoisotopic (exact) mass is 206 g/mol. The maximum absolute atomic E-state index is 12.3. The van der Waals surface area contributed by atoms with E-state index in [0.717, 1.165) is 6.20 Å². The first-order chi connectivity index (χ1) is 6.55. The number of hydrogen-bond donors (Lipinski definition) is 1. The van der Waals surface area contributed by atoms with E-state index in [9.17, 15) is 13.2 Å². The number of hydrogen-bond acceptors (Lipinski definition) is 3. The Bertz CT molecular complexity index is 301. The van der Waals surface area contributed by atoms with E-state index < -0.39 is 11.7 Å². The third kappa shape index (κ3) is 2.59. The number of nitrogens with two attached hydrogens (primary N) is 1. The van der Waals surface area contributed by atoms with Crippen molar-refractivity contribution >= 4 is 0 Å². The molecule has 0 atom stereocenters. The molecule has 3 nitrogen and oxygen atoms in total. The highest BCUT2D eigenvalue weighted by Gasteiger charge is 2.34. The van der Waals surface area contributed by atoms with E-state index in [1.54, 1.807) is 0 Å². The van der Waals surface area contributed by atoms with E-state index in [1.807, 2.05) is 0 Å². The van der Waals surface area contributed by atoms with Crippen molar-refractivity contribution in [2.75, 3.05) is 13.2 Å². The van der Waals surface area contributed by atoms with Gasteiger partial charge in [0.25, 0.3) is 0 Å². The van der Waals surface area contributed by atoms with Gasteiger partial charge in [-0.25, -0.2) is 0 Å². The van der Waals surface area contributed by atoms with E-state index in [0.29, 0.717) is 0 Å². The van der Waals surface area contributed by atoms with E-state index in [-0.39, 0.29) is 18.9 Å². The molecule has 1 aromatic rings. The van der Waals surface area contributed by atoms with Crippen molar-refractivity contribution < 1.29 is 17.9 Å². The Balaban J connectivity index is 2.92. The lowest BCUT2D eigenvalue weighted by atomic mass is 10.2. The van der Waals surface area contributed by atoms with Gasteiger partial charge in [-0.3, -0.25) is 4.98 Å². The summed E-state index contributed by atoms with van der Waals surface area (Å²) in [6.07, 6.45) is -2.48. The largest absolute Gasteiger partial charge is 0.492 e. The molecule has 14 heavy (non-hydrogen) atoms. The highest BCUT2D eigenvalue weighted by atomic mass is 19.4. The minimum Gasteiger partial charge on any atom is -0.492 e. The molecule has 6 heteroatoms. The molecule has 0 spiro atoms. The molecule has 0 aliphatic heterocycles. The number of ether oxygens (including phenoxy) is 1. The summed E-state index contributed by atoms with van der Waals surface area (Å²) in [5, 5.41) is 0. The lowest BCUT2D eigenvalue weighted by Gasteiger charge is -2.12. The van der Waals surface area contributed by atoms with Crippen molar-refractivity contribution in [1.29, 1.82) is 0 Å². The van der Waals surface area contributed by atoms with Crippen LogP contribution in [0.2, 0.25) is 0 Å². The van der Waals surface area contributed by atoms with Gasteiger partial charge in [0.05, 0.1) is 0 Å². The predicted molar refractivity (Wildman–Crippen MR) is 43.8 cm³/mol. The molecule has 1 rings (SSSR count). The Labute approximate surface area is 78.7 Å². The van der Waals surface area contributed by atoms with Crippen molar-refractivity contribution in [3.8, 4) is 5.75 Å². The topological polar surface area (TPSA) is 48.1 Å². The molecule has 0 unspecified atom stereocenters. The highest BCUT2D eigenvalue weighted by Crippen LogP contribution is 2.35. The molecule has 0 radical (unpaired) electrons. The minimum absolute atomic E-state index is 0.0487. The summed E-state index contributed by atoms with van der Waals surface area (Å²) in [7, 11) is 0. The van der Waals surface area contributed by atoms with Crippen LogP contribution >= 0.6 is 0 Å². The second-order valence-corrected chi connectivity index (χ2v) is 2.51. The third-order valence-electron chi connectivity index (χ3n) is 1.46. The Morgan fingerprint density at radius 3 is 2.71 bits per heavy atom. The zero-order chi connectivity index (χ0) is 10.6. The van der Waals surface area contributed by atoms with E-state index >= 15 is 0 Å². The van der Waals surface area contributed by atoms with Crippen LogP contribution < -0.4 is 10.5 Å². The van der Waals surface area contributed by atoms with Gasteiger partial charge in [-0.05, 0) is 6.07 Å². The van der Waals surface area contributed by atoms with Crippen LogP contribution in [0.1, 0.15) is 5.56 Å². The van der Waals surface area contributed by atoms with Gasteiger partial charge in [-0.1, -0.05) is 0 Å². The minimum atomic E-state index is -4.45. The van der Waals surface area contributed by atoms with Gasteiger partial charge in [0.15, 0.2) is 0 Å². The number of rotatable bonds is 3. The normalized spacial score (nSPS) is 11.4. The second-order valence-electron chi connectivity index (χ2n) is 2.51. The van der Waals surface area contributed by atoms with Crippen LogP contribution in [-0.2, 0) is 6.18 Å². The van der Waals surface area contributed by atoms with Crippen molar-refractivity contribution in [1.82, 2.24) is 4.98 Å². The zero-order valence-corrected chi connectivity index (χ0v) is 7.21. The molecule has 2 N–H and O–H groups in total. The van der Waals surface area contributed by atoms with Gasteiger partial charge in [0.2, 0.25) is 0 Å². The average molecular weight is 206 g/mol. The molecule has 1 heterocycles. The maximum Gasteiger partial charge on any atom is 0.421 e. The van der Waals surface area contributed by atoms with Gasteiger partial charge in [-0.15, -0.1) is 0 Å². The van der Waals surface area contributed by atoms with Gasteiger partial charge < -0.3 is 10.5 Å². The van der Waals surface area contributed by atoms with E-state index in [4.69, 9.17) is 10.5 Å². The van der Waals surface area contributed by atoms with Crippen LogP contribution in [0, 0.1) is 0 Å². The van der Waals surface area contributed by atoms with Crippen LogP contribution in [-0.4, -0.2) is 18.1 Å². The number of nitrogens with zero attached hydrogens (tertiary/aromatic N) is 1. The lowest BCUT2D eigenvalue weighted by molar-refractivity contribution is -0.139. The molecule has 0 aromatic carbocycles. The summed E-state index contributed by atoms with van der Waals surface area (Å²) in [6, 6.07) is 1.17. The first-order valence-corrected chi connectivity index (χ1v) is 3.90. The van der Waals surface area contributed by atoms with Gasteiger partial charge in [0.1, 0.15) is 17.9 Å². The Kier molecular flexibility index (Phi) is 3.29. The van der Waals surface area contributed by atoms with Crippen LogP contribution in [0.4, 0.5) is 13.2 Å². The number of aromatic nitrogens is 1. The third-order valence-corrected chi connectivity index (χ3v) is 1.46. The number of halogens is 3. The first kappa shape index (κ1) is 10.8. The van der Waals surface area contributed by atoms with Crippen molar-refractivity contribution in [2.45, 2.75) is 6.18 Å². The molecule has 0 aliphatic rings. The molecule has 78 valence electrons. The summed E-state index contributed by atoms with van der Waals surface area (Å²) in [5.74, 6) is -0.238. The fraction of sp³-hybridized carbons (Fsp3) is 0.375. The van der Waals surface area contributed by atoms with Crippen molar-refractivity contribution in [3.63, 3.8) is 0 Å². The predicted octanol–water partition coefficient (Wildman–Crippen LogP) is 1.44. The molecule has 0 fully saturated rings. The molecular formula is C8H9F3N2O. The SMILES string of the molecule is NCCOc1ccncc1C(F)(F)F. The smallest absolute Gasteiger partial charge is 0.421 e. The van der Waals surface area contributed by atoms with Crippen LogP contribution in [0.15, 0.2) is 18.5 Å². The highest BCUT2D eigenvalue weighted by molar-refractivity contribution is 5.32.